The Labute approximate surface area is 190 Å². The van der Waals surface area contributed by atoms with E-state index in [0.717, 1.165) is 49.9 Å². The summed E-state index contributed by atoms with van der Waals surface area (Å²) in [5, 5.41) is 0. The number of halogens is 1. The highest BCUT2D eigenvalue weighted by Gasteiger charge is 2.25. The van der Waals surface area contributed by atoms with Crippen molar-refractivity contribution in [1.82, 2.24) is 9.88 Å². The lowest BCUT2D eigenvalue weighted by Gasteiger charge is -2.26. The number of carbonyl (C=O) groups excluding carboxylic acids is 2. The van der Waals surface area contributed by atoms with Crippen LogP contribution in [0.1, 0.15) is 53.8 Å². The quantitative estimate of drug-likeness (QED) is 0.457. The Morgan fingerprint density at radius 2 is 1.91 bits per heavy atom. The fourth-order valence-electron chi connectivity index (χ4n) is 4.15. The van der Waals surface area contributed by atoms with Gasteiger partial charge in [0.2, 0.25) is 0 Å². The van der Waals surface area contributed by atoms with Crippen LogP contribution in [0, 0.1) is 11.7 Å². The van der Waals surface area contributed by atoms with Gasteiger partial charge in [-0.3, -0.25) is 14.6 Å². The number of piperidine rings is 1. The molecule has 5 nitrogen and oxygen atoms in total. The summed E-state index contributed by atoms with van der Waals surface area (Å²) >= 11 is 1.33. The summed E-state index contributed by atoms with van der Waals surface area (Å²) in [5.41, 5.74) is 1.32. The first-order valence-electron chi connectivity index (χ1n) is 11.2. The summed E-state index contributed by atoms with van der Waals surface area (Å²) < 4.78 is 21.3. The van der Waals surface area contributed by atoms with Gasteiger partial charge in [-0.2, -0.15) is 0 Å². The molecule has 1 amide bonds. The van der Waals surface area contributed by atoms with Crippen molar-refractivity contribution in [1.29, 1.82) is 0 Å². The van der Waals surface area contributed by atoms with E-state index >= 15 is 0 Å². The number of fused-ring (bicyclic) bond motifs is 1. The van der Waals surface area contributed by atoms with Crippen LogP contribution in [-0.4, -0.2) is 34.7 Å². The van der Waals surface area contributed by atoms with Crippen LogP contribution in [0.15, 0.2) is 36.5 Å². The topological polar surface area (TPSA) is 59.5 Å². The Balaban J connectivity index is 1.33. The van der Waals surface area contributed by atoms with Gasteiger partial charge in [0.25, 0.3) is 5.91 Å². The van der Waals surface area contributed by atoms with Crippen LogP contribution < -0.4 is 4.74 Å². The molecule has 32 heavy (non-hydrogen) atoms. The molecule has 0 spiro atoms. The molecule has 0 bridgehead atoms. The van der Waals surface area contributed by atoms with Crippen molar-refractivity contribution < 1.29 is 18.7 Å². The molecule has 7 heteroatoms. The van der Waals surface area contributed by atoms with Crippen LogP contribution in [-0.2, 0) is 11.2 Å². The monoisotopic (exact) mass is 452 g/mol. The van der Waals surface area contributed by atoms with E-state index in [2.05, 4.69) is 4.98 Å². The molecule has 2 aromatic heterocycles. The number of benzene rings is 1. The summed E-state index contributed by atoms with van der Waals surface area (Å²) in [4.78, 5) is 31.8. The molecule has 3 heterocycles. The fraction of sp³-hybridized carbons (Fsp3) is 0.400. The Morgan fingerprint density at radius 3 is 2.66 bits per heavy atom. The molecule has 5 rings (SSSR count). The Kier molecular flexibility index (Phi) is 5.91. The fourth-order valence-corrected chi connectivity index (χ4v) is 5.19. The minimum absolute atomic E-state index is 0.0186. The molecule has 2 aliphatic rings. The van der Waals surface area contributed by atoms with Gasteiger partial charge in [-0.25, -0.2) is 4.39 Å². The lowest BCUT2D eigenvalue weighted by atomic mass is 10.0. The SMILES string of the molecule is O=C(Cc1ccc(Oc2ccnc3cc(C(=O)N4CCCCC4)sc23)c(F)c1)CC1CC1. The van der Waals surface area contributed by atoms with E-state index in [4.69, 9.17) is 4.74 Å². The van der Waals surface area contributed by atoms with Gasteiger partial charge in [-0.1, -0.05) is 6.07 Å². The zero-order valence-electron chi connectivity index (χ0n) is 17.8. The number of carbonyl (C=O) groups is 2. The van der Waals surface area contributed by atoms with E-state index in [1.165, 1.54) is 17.4 Å². The second kappa shape index (κ2) is 8.98. The number of ether oxygens (including phenoxy) is 1. The Hall–Kier alpha value is -2.80. The molecule has 1 saturated carbocycles. The van der Waals surface area contributed by atoms with Crippen LogP contribution in [0.3, 0.4) is 0 Å². The second-order valence-electron chi connectivity index (χ2n) is 8.72. The molecule has 1 aliphatic carbocycles. The summed E-state index contributed by atoms with van der Waals surface area (Å²) in [7, 11) is 0. The van der Waals surface area contributed by atoms with Crippen molar-refractivity contribution in [2.45, 2.75) is 44.9 Å². The first kappa shape index (κ1) is 21.1. The van der Waals surface area contributed by atoms with E-state index < -0.39 is 5.82 Å². The highest BCUT2D eigenvalue weighted by atomic mass is 32.1. The summed E-state index contributed by atoms with van der Waals surface area (Å²) in [6, 6.07) is 8.14. The normalized spacial score (nSPS) is 16.3. The van der Waals surface area contributed by atoms with E-state index in [0.29, 0.717) is 34.0 Å². The smallest absolute Gasteiger partial charge is 0.264 e. The van der Waals surface area contributed by atoms with Crippen LogP contribution in [0.2, 0.25) is 0 Å². The largest absolute Gasteiger partial charge is 0.453 e. The zero-order chi connectivity index (χ0) is 22.1. The van der Waals surface area contributed by atoms with Gasteiger partial charge in [0, 0.05) is 38.2 Å². The van der Waals surface area contributed by atoms with Crippen molar-refractivity contribution in [3.8, 4) is 11.5 Å². The molecular weight excluding hydrogens is 427 g/mol. The van der Waals surface area contributed by atoms with E-state index in [9.17, 15) is 14.0 Å². The summed E-state index contributed by atoms with van der Waals surface area (Å²) in [5.74, 6) is 0.752. The maximum absolute atomic E-state index is 14.7. The molecule has 0 atom stereocenters. The molecule has 1 aromatic carbocycles. The van der Waals surface area contributed by atoms with Gasteiger partial charge in [-0.15, -0.1) is 11.3 Å². The Bertz CT molecular complexity index is 1170. The minimum Gasteiger partial charge on any atom is -0.453 e. The predicted molar refractivity (Wildman–Crippen MR) is 122 cm³/mol. The number of rotatable bonds is 7. The molecule has 0 N–H and O–H groups in total. The number of amides is 1. The standard InChI is InChI=1S/C25H25FN2O3S/c26-19-14-17(13-18(29)12-16-4-5-16)6-7-21(19)31-22-8-9-27-20-15-23(32-24(20)22)25(30)28-10-2-1-3-11-28/h6-9,14-16H,1-5,10-13H2. The van der Waals surface area contributed by atoms with Crippen LogP contribution in [0.5, 0.6) is 11.5 Å². The van der Waals surface area contributed by atoms with Gasteiger partial charge in [0.15, 0.2) is 11.6 Å². The van der Waals surface area contributed by atoms with E-state index in [1.54, 1.807) is 30.5 Å². The number of ketones is 1. The average Bonchev–Trinajstić information content (AvgIpc) is 3.49. The first-order valence-corrected chi connectivity index (χ1v) is 12.0. The molecule has 1 saturated heterocycles. The van der Waals surface area contributed by atoms with E-state index in [-0.39, 0.29) is 23.9 Å². The third-order valence-corrected chi connectivity index (χ3v) is 7.19. The summed E-state index contributed by atoms with van der Waals surface area (Å²) in [6.45, 7) is 1.56. The minimum atomic E-state index is -0.507. The maximum atomic E-state index is 14.7. The number of aromatic nitrogens is 1. The highest BCUT2D eigenvalue weighted by molar-refractivity contribution is 7.21. The highest BCUT2D eigenvalue weighted by Crippen LogP contribution is 2.37. The molecule has 3 aromatic rings. The lowest BCUT2D eigenvalue weighted by molar-refractivity contribution is -0.118. The molecule has 0 unspecified atom stereocenters. The van der Waals surface area contributed by atoms with Crippen molar-refractivity contribution in [2.24, 2.45) is 5.92 Å². The molecule has 166 valence electrons. The third-order valence-electron chi connectivity index (χ3n) is 6.06. The number of Topliss-reactive ketones (excluding diaryl/α,β-unsaturated/α-hetero) is 1. The summed E-state index contributed by atoms with van der Waals surface area (Å²) in [6.07, 6.45) is 7.92. The van der Waals surface area contributed by atoms with Gasteiger partial charge < -0.3 is 9.64 Å². The van der Waals surface area contributed by atoms with Crippen molar-refractivity contribution in [3.05, 3.63) is 52.8 Å². The van der Waals surface area contributed by atoms with Gasteiger partial charge in [-0.05, 0) is 61.8 Å². The van der Waals surface area contributed by atoms with Gasteiger partial charge in [0.1, 0.15) is 11.5 Å². The van der Waals surface area contributed by atoms with Crippen molar-refractivity contribution in [3.63, 3.8) is 0 Å². The molecule has 2 fully saturated rings. The second-order valence-corrected chi connectivity index (χ2v) is 9.77. The molecule has 0 radical (unpaired) electrons. The molecular formula is C25H25FN2O3S. The number of nitrogens with zero attached hydrogens (tertiary/aromatic N) is 2. The van der Waals surface area contributed by atoms with E-state index in [1.807, 2.05) is 4.90 Å². The predicted octanol–water partition coefficient (Wildman–Crippen LogP) is 5.77. The number of hydrogen-bond donors (Lipinski definition) is 0. The number of hydrogen-bond acceptors (Lipinski definition) is 5. The van der Waals surface area contributed by atoms with Crippen molar-refractivity contribution in [2.75, 3.05) is 13.1 Å². The number of likely N-dealkylation sites (tertiary alicyclic amines) is 1. The zero-order valence-corrected chi connectivity index (χ0v) is 18.6. The van der Waals surface area contributed by atoms with Crippen LogP contribution in [0.25, 0.3) is 10.2 Å². The van der Waals surface area contributed by atoms with Crippen molar-refractivity contribution >= 4 is 33.2 Å². The first-order chi connectivity index (χ1) is 15.6. The molecule has 1 aliphatic heterocycles. The van der Waals surface area contributed by atoms with Crippen LogP contribution in [0.4, 0.5) is 4.39 Å². The van der Waals surface area contributed by atoms with Crippen LogP contribution >= 0.6 is 11.3 Å². The number of pyridine rings is 1. The third kappa shape index (κ3) is 4.67. The van der Waals surface area contributed by atoms with Gasteiger partial charge in [0.05, 0.1) is 15.1 Å². The maximum Gasteiger partial charge on any atom is 0.264 e. The number of thiophene rings is 1. The lowest BCUT2D eigenvalue weighted by Crippen LogP contribution is -2.35. The Morgan fingerprint density at radius 1 is 1.09 bits per heavy atom. The average molecular weight is 453 g/mol. The van der Waals surface area contributed by atoms with Gasteiger partial charge >= 0.3 is 0 Å².